The highest BCUT2D eigenvalue weighted by Crippen LogP contribution is 2.43. The van der Waals surface area contributed by atoms with E-state index < -0.39 is 13.8 Å². The predicted octanol–water partition coefficient (Wildman–Crippen LogP) is 2.46. The van der Waals surface area contributed by atoms with Crippen molar-refractivity contribution in [3.05, 3.63) is 42.5 Å². The highest BCUT2D eigenvalue weighted by molar-refractivity contribution is 7.48. The predicted molar refractivity (Wildman–Crippen MR) is 62.6 cm³/mol. The summed E-state index contributed by atoms with van der Waals surface area (Å²) in [4.78, 5) is 20.0. The summed E-state index contributed by atoms with van der Waals surface area (Å²) in [7, 11) is -4.43. The second-order valence-corrected chi connectivity index (χ2v) is 4.47. The van der Waals surface area contributed by atoms with E-state index in [1.54, 1.807) is 12.1 Å². The van der Waals surface area contributed by atoms with E-state index >= 15 is 0 Å². The standard InChI is InChI=1S/C11H13O5P/c1-3-9-5-7-10(8-6-9)15-17(13,14)16-11(12)4-2/h4-8H,2-3H2,1H3,(H,13,14). The molecule has 0 spiro atoms. The van der Waals surface area contributed by atoms with Crippen molar-refractivity contribution < 1.29 is 23.3 Å². The largest absolute Gasteiger partial charge is 0.587 e. The van der Waals surface area contributed by atoms with E-state index in [1.807, 2.05) is 6.92 Å². The quantitative estimate of drug-likeness (QED) is 0.647. The SMILES string of the molecule is C=CC(=O)OP(=O)(O)Oc1ccc(CC)cc1. The van der Waals surface area contributed by atoms with E-state index in [-0.39, 0.29) is 5.75 Å². The fraction of sp³-hybridized carbons (Fsp3) is 0.182. The summed E-state index contributed by atoms with van der Waals surface area (Å²) in [6.45, 7) is 5.10. The van der Waals surface area contributed by atoms with Crippen LogP contribution in [0.3, 0.4) is 0 Å². The van der Waals surface area contributed by atoms with Crippen molar-refractivity contribution in [3.8, 4) is 5.75 Å². The van der Waals surface area contributed by atoms with Gasteiger partial charge in [-0.2, -0.15) is 0 Å². The summed E-state index contributed by atoms with van der Waals surface area (Å²) in [6, 6.07) is 6.57. The van der Waals surface area contributed by atoms with Crippen LogP contribution < -0.4 is 4.52 Å². The minimum Gasteiger partial charge on any atom is -0.395 e. The lowest BCUT2D eigenvalue weighted by Crippen LogP contribution is -2.02. The first-order valence-corrected chi connectivity index (χ1v) is 6.43. The van der Waals surface area contributed by atoms with Gasteiger partial charge in [-0.25, -0.2) is 9.36 Å². The number of aryl methyl sites for hydroxylation is 1. The molecule has 1 atom stereocenters. The molecule has 0 fully saturated rings. The molecule has 0 heterocycles. The molecule has 0 aliphatic rings. The molecule has 1 aromatic rings. The number of hydrogen-bond acceptors (Lipinski definition) is 4. The summed E-state index contributed by atoms with van der Waals surface area (Å²) in [5, 5.41) is 0. The summed E-state index contributed by atoms with van der Waals surface area (Å²) in [6.07, 6.45) is 1.63. The zero-order chi connectivity index (χ0) is 12.9. The van der Waals surface area contributed by atoms with Gasteiger partial charge in [0.25, 0.3) is 0 Å². The van der Waals surface area contributed by atoms with Gasteiger partial charge in [0.2, 0.25) is 0 Å². The van der Waals surface area contributed by atoms with Gasteiger partial charge in [0.1, 0.15) is 5.75 Å². The van der Waals surface area contributed by atoms with Gasteiger partial charge < -0.3 is 9.05 Å². The second-order valence-electron chi connectivity index (χ2n) is 3.17. The van der Waals surface area contributed by atoms with Gasteiger partial charge in [-0.05, 0) is 24.1 Å². The van der Waals surface area contributed by atoms with Crippen molar-refractivity contribution in [1.82, 2.24) is 0 Å². The zero-order valence-corrected chi connectivity index (χ0v) is 10.2. The fourth-order valence-corrected chi connectivity index (χ4v) is 1.82. The monoisotopic (exact) mass is 256 g/mol. The minimum atomic E-state index is -4.43. The Morgan fingerprint density at radius 2 is 2.06 bits per heavy atom. The van der Waals surface area contributed by atoms with Crippen LogP contribution in [-0.4, -0.2) is 10.9 Å². The molecule has 0 amide bonds. The van der Waals surface area contributed by atoms with E-state index in [9.17, 15) is 14.3 Å². The molecule has 1 rings (SSSR count). The maximum atomic E-state index is 11.3. The molecule has 92 valence electrons. The molecule has 0 aliphatic heterocycles. The van der Waals surface area contributed by atoms with Gasteiger partial charge in [0.15, 0.2) is 0 Å². The van der Waals surface area contributed by atoms with Gasteiger partial charge >= 0.3 is 13.8 Å². The Morgan fingerprint density at radius 1 is 1.47 bits per heavy atom. The van der Waals surface area contributed by atoms with Crippen LogP contribution in [0.5, 0.6) is 5.75 Å². The summed E-state index contributed by atoms with van der Waals surface area (Å²) in [5.74, 6) is -0.856. The molecule has 0 saturated heterocycles. The van der Waals surface area contributed by atoms with Gasteiger partial charge in [-0.1, -0.05) is 25.6 Å². The maximum absolute atomic E-state index is 11.3. The lowest BCUT2D eigenvalue weighted by atomic mass is 10.2. The topological polar surface area (TPSA) is 72.8 Å². The normalized spacial score (nSPS) is 13.5. The highest BCUT2D eigenvalue weighted by Gasteiger charge is 2.26. The number of carbonyl (C=O) groups excluding carboxylic acids is 1. The van der Waals surface area contributed by atoms with E-state index in [0.717, 1.165) is 18.1 Å². The first-order chi connectivity index (χ1) is 7.96. The number of hydrogen-bond donors (Lipinski definition) is 1. The van der Waals surface area contributed by atoms with E-state index in [1.165, 1.54) is 12.1 Å². The summed E-state index contributed by atoms with van der Waals surface area (Å²) in [5.41, 5.74) is 1.06. The zero-order valence-electron chi connectivity index (χ0n) is 9.33. The lowest BCUT2D eigenvalue weighted by molar-refractivity contribution is -0.130. The molecule has 0 saturated carbocycles. The molecule has 5 nitrogen and oxygen atoms in total. The Kier molecular flexibility index (Phi) is 4.49. The minimum absolute atomic E-state index is 0.157. The molecular formula is C11H13O5P. The molecule has 0 aromatic heterocycles. The van der Waals surface area contributed by atoms with Crippen LogP contribution in [-0.2, 0) is 20.3 Å². The van der Waals surface area contributed by atoms with Crippen molar-refractivity contribution in [3.63, 3.8) is 0 Å². The van der Waals surface area contributed by atoms with Gasteiger partial charge in [-0.3, -0.25) is 4.89 Å². The third kappa shape index (κ3) is 4.43. The number of rotatable bonds is 5. The molecule has 1 aromatic carbocycles. The Labute approximate surface area is 99.3 Å². The molecule has 6 heteroatoms. The Bertz CT molecular complexity index is 451. The van der Waals surface area contributed by atoms with Crippen molar-refractivity contribution in [1.29, 1.82) is 0 Å². The van der Waals surface area contributed by atoms with E-state index in [0.29, 0.717) is 0 Å². The lowest BCUT2D eigenvalue weighted by Gasteiger charge is -2.11. The van der Waals surface area contributed by atoms with Crippen molar-refractivity contribution in [2.24, 2.45) is 0 Å². The van der Waals surface area contributed by atoms with Crippen LogP contribution in [0.4, 0.5) is 0 Å². The first kappa shape index (κ1) is 13.5. The van der Waals surface area contributed by atoms with Gasteiger partial charge in [-0.15, -0.1) is 0 Å². The second kappa shape index (κ2) is 5.66. The van der Waals surface area contributed by atoms with Crippen molar-refractivity contribution >= 4 is 13.8 Å². The average molecular weight is 256 g/mol. The smallest absolute Gasteiger partial charge is 0.395 e. The van der Waals surface area contributed by atoms with Crippen LogP contribution in [0.1, 0.15) is 12.5 Å². The maximum Gasteiger partial charge on any atom is 0.587 e. The van der Waals surface area contributed by atoms with Gasteiger partial charge in [0, 0.05) is 6.08 Å². The fourth-order valence-electron chi connectivity index (χ4n) is 1.09. The Morgan fingerprint density at radius 3 is 2.53 bits per heavy atom. The number of benzene rings is 1. The molecule has 1 unspecified atom stereocenters. The van der Waals surface area contributed by atoms with Crippen LogP contribution in [0.2, 0.25) is 0 Å². The molecule has 0 aliphatic carbocycles. The van der Waals surface area contributed by atoms with Crippen LogP contribution >= 0.6 is 7.82 Å². The molecule has 1 N–H and O–H groups in total. The average Bonchev–Trinajstić information content (AvgIpc) is 2.28. The van der Waals surface area contributed by atoms with Crippen molar-refractivity contribution in [2.45, 2.75) is 13.3 Å². The van der Waals surface area contributed by atoms with Crippen LogP contribution in [0.25, 0.3) is 0 Å². The molecule has 0 radical (unpaired) electrons. The molecular weight excluding hydrogens is 243 g/mol. The first-order valence-electron chi connectivity index (χ1n) is 4.94. The van der Waals surface area contributed by atoms with E-state index in [4.69, 9.17) is 4.52 Å². The van der Waals surface area contributed by atoms with Crippen LogP contribution in [0, 0.1) is 0 Å². The highest BCUT2D eigenvalue weighted by atomic mass is 31.2. The summed E-state index contributed by atoms with van der Waals surface area (Å²) < 4.78 is 20.2. The Balaban J connectivity index is 2.72. The third-order valence-corrected chi connectivity index (χ3v) is 2.78. The van der Waals surface area contributed by atoms with E-state index in [2.05, 4.69) is 11.1 Å². The molecule has 0 bridgehead atoms. The number of carbonyl (C=O) groups is 1. The van der Waals surface area contributed by atoms with Crippen LogP contribution in [0.15, 0.2) is 36.9 Å². The number of phosphoric acid groups is 1. The third-order valence-electron chi connectivity index (χ3n) is 1.92. The van der Waals surface area contributed by atoms with Gasteiger partial charge in [0.05, 0.1) is 0 Å². The van der Waals surface area contributed by atoms with Crippen molar-refractivity contribution in [2.75, 3.05) is 0 Å². The number of phosphoric ester groups is 1. The summed E-state index contributed by atoms with van der Waals surface area (Å²) >= 11 is 0. The Hall–Kier alpha value is -1.58. The molecule has 17 heavy (non-hydrogen) atoms.